The maximum atomic E-state index is 14.0. The molecule has 0 bridgehead atoms. The van der Waals surface area contributed by atoms with Crippen LogP contribution in [0.5, 0.6) is 0 Å². The average Bonchev–Trinajstić information content (AvgIpc) is 2.88. The number of para-hydroxylation sites is 2. The molecule has 0 fully saturated rings. The third kappa shape index (κ3) is 6.89. The Balaban J connectivity index is 2.20. The fraction of sp³-hybridized carbons (Fsp3) is 0.361. The van der Waals surface area contributed by atoms with Crippen LogP contribution >= 0.6 is 0 Å². The standard InChI is InChI=1S/C36H45N2O/c1-22(2)29-18-14-19-30(23(3)4)34(29)37-26(9)33(36(39)28-16-12-11-13-17-28)27(10)38-35-31(24(5)6)20-15-21-32(35)25(7)8/h11-25H,9H2,1-8,10H3,(H,38,39)/q-1/p-1. The number of carbonyl (C=O) groups is 1. The zero-order valence-corrected chi connectivity index (χ0v) is 25.2. The normalized spacial score (nSPS) is 12.2. The maximum absolute atomic E-state index is 14.0. The molecule has 0 N–H and O–H groups in total. The van der Waals surface area contributed by atoms with Crippen molar-refractivity contribution in [3.05, 3.63) is 129 Å². The lowest BCUT2D eigenvalue weighted by Crippen LogP contribution is -2.09. The van der Waals surface area contributed by atoms with Gasteiger partial charge in [-0.05, 0) is 29.2 Å². The van der Waals surface area contributed by atoms with E-state index in [1.165, 1.54) is 11.1 Å². The third-order valence-corrected chi connectivity index (χ3v) is 7.12. The van der Waals surface area contributed by atoms with Crippen molar-refractivity contribution in [3.63, 3.8) is 0 Å². The summed E-state index contributed by atoms with van der Waals surface area (Å²) in [5, 5.41) is 10.3. The van der Waals surface area contributed by atoms with Crippen molar-refractivity contribution in [1.82, 2.24) is 0 Å². The fourth-order valence-corrected chi connectivity index (χ4v) is 4.93. The van der Waals surface area contributed by atoms with E-state index in [0.717, 1.165) is 22.5 Å². The van der Waals surface area contributed by atoms with Crippen LogP contribution in [0.2, 0.25) is 0 Å². The number of carbonyl (C=O) groups excluding carboxylic acids is 1. The SMILES string of the molecule is C=C([N-]c1c(C(C)C)cccc1C(C)C)/C(C(=O)c1ccccc1)=C(/C)[N-]c1c(C(C)C)cccc1C(C)C. The molecule has 3 nitrogen and oxygen atoms in total. The first kappa shape index (κ1) is 30.0. The second-order valence-electron chi connectivity index (χ2n) is 11.5. The Labute approximate surface area is 236 Å². The third-order valence-electron chi connectivity index (χ3n) is 7.12. The van der Waals surface area contributed by atoms with Crippen molar-refractivity contribution >= 4 is 17.2 Å². The van der Waals surface area contributed by atoms with Gasteiger partial charge in [0.2, 0.25) is 0 Å². The molecule has 0 aliphatic rings. The molecule has 0 amide bonds. The first-order valence-corrected chi connectivity index (χ1v) is 14.1. The monoisotopic (exact) mass is 520 g/mol. The van der Waals surface area contributed by atoms with Crippen molar-refractivity contribution in [2.75, 3.05) is 0 Å². The minimum atomic E-state index is -0.119. The summed E-state index contributed by atoms with van der Waals surface area (Å²) in [6.07, 6.45) is 0. The van der Waals surface area contributed by atoms with Gasteiger partial charge in [0.1, 0.15) is 0 Å². The summed E-state index contributed by atoms with van der Waals surface area (Å²) in [4.78, 5) is 14.0. The average molecular weight is 521 g/mol. The van der Waals surface area contributed by atoms with Crippen LogP contribution in [0.4, 0.5) is 11.4 Å². The fourth-order valence-electron chi connectivity index (χ4n) is 4.93. The minimum Gasteiger partial charge on any atom is -0.660 e. The first-order chi connectivity index (χ1) is 18.4. The van der Waals surface area contributed by atoms with Crippen molar-refractivity contribution < 1.29 is 4.79 Å². The Hall–Kier alpha value is -3.59. The van der Waals surface area contributed by atoms with Crippen molar-refractivity contribution in [3.8, 4) is 0 Å². The number of hydrogen-bond acceptors (Lipinski definition) is 1. The molecule has 0 atom stereocenters. The number of ketones is 1. The summed E-state index contributed by atoms with van der Waals surface area (Å²) in [7, 11) is 0. The topological polar surface area (TPSA) is 45.3 Å². The van der Waals surface area contributed by atoms with Gasteiger partial charge >= 0.3 is 0 Å². The lowest BCUT2D eigenvalue weighted by Gasteiger charge is -2.38. The molecule has 39 heavy (non-hydrogen) atoms. The van der Waals surface area contributed by atoms with Crippen LogP contribution < -0.4 is 0 Å². The van der Waals surface area contributed by atoms with E-state index in [4.69, 9.17) is 10.6 Å². The summed E-state index contributed by atoms with van der Waals surface area (Å²) in [5.74, 6) is 1.03. The number of benzene rings is 3. The number of rotatable bonds is 11. The van der Waals surface area contributed by atoms with Gasteiger partial charge in [-0.25, -0.2) is 0 Å². The van der Waals surface area contributed by atoms with E-state index in [-0.39, 0.29) is 17.6 Å². The highest BCUT2D eigenvalue weighted by Crippen LogP contribution is 2.44. The quantitative estimate of drug-likeness (QED) is 0.141. The van der Waals surface area contributed by atoms with E-state index in [1.54, 1.807) is 0 Å². The molecule has 3 rings (SSSR count). The van der Waals surface area contributed by atoms with E-state index in [2.05, 4.69) is 98.4 Å². The number of hydrogen-bond donors (Lipinski definition) is 0. The van der Waals surface area contributed by atoms with Gasteiger partial charge < -0.3 is 10.6 Å². The molecule has 0 aliphatic heterocycles. The van der Waals surface area contributed by atoms with Gasteiger partial charge in [-0.1, -0.05) is 151 Å². The molecule has 0 spiro atoms. The van der Waals surface area contributed by atoms with Crippen LogP contribution in [0.1, 0.15) is 119 Å². The van der Waals surface area contributed by atoms with Gasteiger partial charge in [-0.2, -0.15) is 5.70 Å². The molecule has 0 unspecified atom stereocenters. The van der Waals surface area contributed by atoms with E-state index >= 15 is 0 Å². The van der Waals surface area contributed by atoms with Crippen LogP contribution in [-0.4, -0.2) is 5.78 Å². The largest absolute Gasteiger partial charge is 0.660 e. The molecule has 0 aromatic heterocycles. The second-order valence-corrected chi connectivity index (χ2v) is 11.5. The molecule has 0 radical (unpaired) electrons. The molecule has 0 aliphatic carbocycles. The van der Waals surface area contributed by atoms with E-state index in [9.17, 15) is 4.79 Å². The van der Waals surface area contributed by atoms with Crippen LogP contribution in [-0.2, 0) is 0 Å². The van der Waals surface area contributed by atoms with E-state index in [0.29, 0.717) is 34.4 Å². The van der Waals surface area contributed by atoms with Crippen LogP contribution in [0, 0.1) is 0 Å². The number of nitrogens with zero attached hydrogens (tertiary/aromatic N) is 2. The zero-order valence-electron chi connectivity index (χ0n) is 25.2. The Morgan fingerprint density at radius 2 is 0.974 bits per heavy atom. The molecule has 0 saturated carbocycles. The van der Waals surface area contributed by atoms with Gasteiger partial charge in [0.05, 0.1) is 0 Å². The highest BCUT2D eigenvalue weighted by molar-refractivity contribution is 6.13. The predicted molar refractivity (Wildman–Crippen MR) is 168 cm³/mol. The molecular weight excluding hydrogens is 476 g/mol. The molecule has 0 heterocycles. The molecule has 206 valence electrons. The summed E-state index contributed by atoms with van der Waals surface area (Å²) in [6.45, 7) is 23.7. The van der Waals surface area contributed by atoms with Crippen molar-refractivity contribution in [2.24, 2.45) is 0 Å². The minimum absolute atomic E-state index is 0.119. The smallest absolute Gasteiger partial charge is 0.190 e. The molecule has 0 saturated heterocycles. The molecule has 3 aromatic rings. The lowest BCUT2D eigenvalue weighted by molar-refractivity contribution is 0.103. The van der Waals surface area contributed by atoms with Crippen LogP contribution in [0.25, 0.3) is 10.6 Å². The van der Waals surface area contributed by atoms with Crippen LogP contribution in [0.3, 0.4) is 0 Å². The Bertz CT molecular complexity index is 1290. The Morgan fingerprint density at radius 3 is 1.36 bits per heavy atom. The molecule has 3 heteroatoms. The van der Waals surface area contributed by atoms with E-state index in [1.807, 2.05) is 37.3 Å². The van der Waals surface area contributed by atoms with Crippen molar-refractivity contribution in [1.29, 1.82) is 0 Å². The summed E-state index contributed by atoms with van der Waals surface area (Å²) in [6, 6.07) is 22.1. The number of allylic oxidation sites excluding steroid dienone is 2. The van der Waals surface area contributed by atoms with Crippen molar-refractivity contribution in [2.45, 2.75) is 86.0 Å². The summed E-state index contributed by atoms with van der Waals surface area (Å²) >= 11 is 0. The maximum Gasteiger partial charge on any atom is 0.190 e. The summed E-state index contributed by atoms with van der Waals surface area (Å²) < 4.78 is 0. The Kier molecular flexibility index (Phi) is 9.97. The highest BCUT2D eigenvalue weighted by Gasteiger charge is 2.15. The second kappa shape index (κ2) is 13.0. The number of Topliss-reactive ketones (excluding diaryl/α,β-unsaturated/α-hetero) is 1. The van der Waals surface area contributed by atoms with Gasteiger partial charge in [-0.3, -0.25) is 4.79 Å². The van der Waals surface area contributed by atoms with Gasteiger partial charge in [0, 0.05) is 5.56 Å². The lowest BCUT2D eigenvalue weighted by atomic mass is 9.91. The summed E-state index contributed by atoms with van der Waals surface area (Å²) in [5.41, 5.74) is 8.59. The predicted octanol–water partition coefficient (Wildman–Crippen LogP) is 11.6. The van der Waals surface area contributed by atoms with Gasteiger partial charge in [0.25, 0.3) is 0 Å². The molecular formula is C36H44N2O-2. The molecule has 3 aromatic carbocycles. The van der Waals surface area contributed by atoms with Gasteiger partial charge in [-0.15, -0.1) is 23.7 Å². The van der Waals surface area contributed by atoms with Gasteiger partial charge in [0.15, 0.2) is 5.78 Å². The van der Waals surface area contributed by atoms with Crippen LogP contribution in [0.15, 0.2) is 90.3 Å². The Morgan fingerprint density at radius 1 is 0.590 bits per heavy atom. The van der Waals surface area contributed by atoms with E-state index < -0.39 is 0 Å². The zero-order chi connectivity index (χ0) is 28.9. The highest BCUT2D eigenvalue weighted by atomic mass is 16.1. The first-order valence-electron chi connectivity index (χ1n) is 14.1.